The smallest absolute Gasteiger partial charge is 0.336 e. The number of hydrogen-bond acceptors (Lipinski definition) is 4. The molecule has 26 heavy (non-hydrogen) atoms. The molecular weight excluding hydrogens is 354 g/mol. The summed E-state index contributed by atoms with van der Waals surface area (Å²) < 4.78 is 10.9. The quantitative estimate of drug-likeness (QED) is 0.502. The summed E-state index contributed by atoms with van der Waals surface area (Å²) >= 11 is 6.13. The molecule has 0 spiro atoms. The van der Waals surface area contributed by atoms with E-state index in [0.29, 0.717) is 27.4 Å². The van der Waals surface area contributed by atoms with Crippen molar-refractivity contribution >= 4 is 45.1 Å². The summed E-state index contributed by atoms with van der Waals surface area (Å²) in [5, 5.41) is 4.83. The normalized spacial score (nSPS) is 11.2. The van der Waals surface area contributed by atoms with E-state index < -0.39 is 11.5 Å². The minimum absolute atomic E-state index is 0.193. The Bertz CT molecular complexity index is 1240. The predicted octanol–water partition coefficient (Wildman–Crippen LogP) is 5.06. The zero-order valence-electron chi connectivity index (χ0n) is 14.1. The minimum Gasteiger partial charge on any atom is -0.449 e. The van der Waals surface area contributed by atoms with Gasteiger partial charge in [-0.05, 0) is 37.6 Å². The molecule has 0 saturated carbocycles. The third kappa shape index (κ3) is 2.66. The first-order valence-corrected chi connectivity index (χ1v) is 8.35. The Morgan fingerprint density at radius 1 is 1.04 bits per heavy atom. The Balaban J connectivity index is 1.72. The molecule has 0 atom stereocenters. The molecule has 1 N–H and O–H groups in total. The van der Waals surface area contributed by atoms with Gasteiger partial charge in [-0.3, -0.25) is 4.79 Å². The maximum atomic E-state index is 12.6. The standard InChI is InChI=1S/C20H14ClNO4/c1-10-8-17(23)25-16-9-12(6-7-13(10)16)22-20(24)18-11(2)14-4-3-5-15(21)19(14)26-18/h3-9H,1-2H3,(H,22,24). The van der Waals surface area contributed by atoms with Crippen LogP contribution < -0.4 is 10.9 Å². The number of nitrogens with one attached hydrogen (secondary N) is 1. The molecule has 0 fully saturated rings. The fourth-order valence-electron chi connectivity index (χ4n) is 3.02. The summed E-state index contributed by atoms with van der Waals surface area (Å²) in [6.07, 6.45) is 0. The second kappa shape index (κ2) is 6.04. The predicted molar refractivity (Wildman–Crippen MR) is 101 cm³/mol. The van der Waals surface area contributed by atoms with Gasteiger partial charge in [-0.25, -0.2) is 4.79 Å². The number of carbonyl (C=O) groups is 1. The first-order chi connectivity index (χ1) is 12.4. The fraction of sp³-hybridized carbons (Fsp3) is 0.100. The lowest BCUT2D eigenvalue weighted by Gasteiger charge is -2.06. The number of fused-ring (bicyclic) bond motifs is 2. The van der Waals surface area contributed by atoms with Crippen LogP contribution in [0.25, 0.3) is 21.9 Å². The lowest BCUT2D eigenvalue weighted by atomic mass is 10.1. The topological polar surface area (TPSA) is 72.5 Å². The maximum Gasteiger partial charge on any atom is 0.336 e. The van der Waals surface area contributed by atoms with E-state index in [2.05, 4.69) is 5.32 Å². The maximum absolute atomic E-state index is 12.6. The van der Waals surface area contributed by atoms with Crippen molar-refractivity contribution in [1.29, 1.82) is 0 Å². The molecule has 4 aromatic rings. The molecule has 0 aliphatic rings. The molecule has 0 radical (unpaired) electrons. The highest BCUT2D eigenvalue weighted by Crippen LogP contribution is 2.31. The zero-order chi connectivity index (χ0) is 18.4. The second-order valence-electron chi connectivity index (χ2n) is 6.09. The molecule has 2 aromatic carbocycles. The molecule has 6 heteroatoms. The second-order valence-corrected chi connectivity index (χ2v) is 6.49. The third-order valence-corrected chi connectivity index (χ3v) is 4.63. The van der Waals surface area contributed by atoms with Crippen LogP contribution in [0.15, 0.2) is 56.1 Å². The van der Waals surface area contributed by atoms with Crippen molar-refractivity contribution in [2.24, 2.45) is 0 Å². The van der Waals surface area contributed by atoms with Gasteiger partial charge in [-0.15, -0.1) is 0 Å². The number of furan rings is 1. The number of aryl methyl sites for hydroxylation is 2. The Morgan fingerprint density at radius 3 is 2.62 bits per heavy atom. The molecule has 0 unspecified atom stereocenters. The average Bonchev–Trinajstić information content (AvgIpc) is 2.93. The zero-order valence-corrected chi connectivity index (χ0v) is 14.8. The highest BCUT2D eigenvalue weighted by Gasteiger charge is 2.19. The number of rotatable bonds is 2. The number of amides is 1. The molecule has 0 saturated heterocycles. The van der Waals surface area contributed by atoms with Gasteiger partial charge in [-0.1, -0.05) is 23.7 Å². The van der Waals surface area contributed by atoms with Crippen LogP contribution in [0.2, 0.25) is 5.02 Å². The lowest BCUT2D eigenvalue weighted by molar-refractivity contribution is 0.0998. The van der Waals surface area contributed by atoms with Crippen molar-refractivity contribution in [3.63, 3.8) is 0 Å². The van der Waals surface area contributed by atoms with Gasteiger partial charge in [0.25, 0.3) is 5.91 Å². The minimum atomic E-state index is -0.429. The molecule has 2 aromatic heterocycles. The van der Waals surface area contributed by atoms with Crippen LogP contribution in [0.1, 0.15) is 21.7 Å². The Morgan fingerprint density at radius 2 is 1.85 bits per heavy atom. The number of benzene rings is 2. The largest absolute Gasteiger partial charge is 0.449 e. The number of anilines is 1. The number of carbonyl (C=O) groups excluding carboxylic acids is 1. The van der Waals surface area contributed by atoms with Crippen molar-refractivity contribution in [2.75, 3.05) is 5.32 Å². The van der Waals surface area contributed by atoms with Gasteiger partial charge >= 0.3 is 5.63 Å². The van der Waals surface area contributed by atoms with Crippen LogP contribution in [0.5, 0.6) is 0 Å². The highest BCUT2D eigenvalue weighted by molar-refractivity contribution is 6.35. The fourth-order valence-corrected chi connectivity index (χ4v) is 3.23. The summed E-state index contributed by atoms with van der Waals surface area (Å²) in [6, 6.07) is 12.0. The van der Waals surface area contributed by atoms with E-state index >= 15 is 0 Å². The van der Waals surface area contributed by atoms with E-state index in [4.69, 9.17) is 20.4 Å². The number of hydrogen-bond donors (Lipinski definition) is 1. The first-order valence-electron chi connectivity index (χ1n) is 7.97. The number of halogens is 1. The molecule has 0 bridgehead atoms. The molecule has 5 nitrogen and oxygen atoms in total. The summed E-state index contributed by atoms with van der Waals surface area (Å²) in [5.41, 5.74) is 2.50. The van der Waals surface area contributed by atoms with Crippen molar-refractivity contribution in [1.82, 2.24) is 0 Å². The molecule has 0 aliphatic heterocycles. The van der Waals surface area contributed by atoms with Gasteiger partial charge in [-0.2, -0.15) is 0 Å². The monoisotopic (exact) mass is 367 g/mol. The van der Waals surface area contributed by atoms with Gasteiger partial charge in [0.15, 0.2) is 11.3 Å². The molecule has 2 heterocycles. The summed E-state index contributed by atoms with van der Waals surface area (Å²) in [4.78, 5) is 24.2. The van der Waals surface area contributed by atoms with Crippen LogP contribution in [0.3, 0.4) is 0 Å². The van der Waals surface area contributed by atoms with E-state index in [-0.39, 0.29) is 5.76 Å². The SMILES string of the molecule is Cc1cc(=O)oc2cc(NC(=O)c3oc4c(Cl)cccc4c3C)ccc12. The van der Waals surface area contributed by atoms with Crippen LogP contribution in [0.4, 0.5) is 5.69 Å². The third-order valence-electron chi connectivity index (χ3n) is 4.33. The van der Waals surface area contributed by atoms with E-state index in [1.807, 2.05) is 19.1 Å². The van der Waals surface area contributed by atoms with Crippen LogP contribution in [-0.4, -0.2) is 5.91 Å². The summed E-state index contributed by atoms with van der Waals surface area (Å²) in [5.74, 6) is -0.206. The first kappa shape index (κ1) is 16.4. The highest BCUT2D eigenvalue weighted by atomic mass is 35.5. The lowest BCUT2D eigenvalue weighted by Crippen LogP contribution is -2.12. The van der Waals surface area contributed by atoms with Gasteiger partial charge in [0.2, 0.25) is 0 Å². The molecule has 0 aliphatic carbocycles. The van der Waals surface area contributed by atoms with Gasteiger partial charge in [0.05, 0.1) is 5.02 Å². The van der Waals surface area contributed by atoms with Gasteiger partial charge in [0.1, 0.15) is 5.58 Å². The Kier molecular flexibility index (Phi) is 3.81. The van der Waals surface area contributed by atoms with E-state index in [0.717, 1.165) is 16.3 Å². The van der Waals surface area contributed by atoms with E-state index in [1.165, 1.54) is 6.07 Å². The van der Waals surface area contributed by atoms with Crippen molar-refractivity contribution < 1.29 is 13.6 Å². The molecule has 130 valence electrons. The molecular formula is C20H14ClNO4. The van der Waals surface area contributed by atoms with Crippen molar-refractivity contribution in [3.8, 4) is 0 Å². The van der Waals surface area contributed by atoms with Crippen molar-refractivity contribution in [2.45, 2.75) is 13.8 Å². The van der Waals surface area contributed by atoms with Gasteiger partial charge < -0.3 is 14.2 Å². The van der Waals surface area contributed by atoms with E-state index in [9.17, 15) is 9.59 Å². The molecule has 4 rings (SSSR count). The van der Waals surface area contributed by atoms with Gasteiger partial charge in [0, 0.05) is 34.2 Å². The Hall–Kier alpha value is -3.05. The number of para-hydroxylation sites is 1. The average molecular weight is 368 g/mol. The summed E-state index contributed by atoms with van der Waals surface area (Å²) in [6.45, 7) is 3.64. The summed E-state index contributed by atoms with van der Waals surface area (Å²) in [7, 11) is 0. The molecule has 1 amide bonds. The Labute approximate surface area is 153 Å². The van der Waals surface area contributed by atoms with Crippen LogP contribution in [-0.2, 0) is 0 Å². The van der Waals surface area contributed by atoms with E-state index in [1.54, 1.807) is 31.2 Å². The van der Waals surface area contributed by atoms with Crippen LogP contribution >= 0.6 is 11.6 Å². The van der Waals surface area contributed by atoms with Crippen molar-refractivity contribution in [3.05, 3.63) is 74.8 Å². The van der Waals surface area contributed by atoms with Crippen LogP contribution in [0, 0.1) is 13.8 Å².